The lowest BCUT2D eigenvalue weighted by Crippen LogP contribution is -2.36. The standard InChI is InChI=1S/C15H26N8.HI/c1-2-23-8-4-5-11(23)10-20-15(18)19-7-3-6-13-12(9-16)14(17)22-21-13;/h11H,2-8,10H2,1H3,(H3,17,21,22)(H3,18,19,20);1H. The monoisotopic (exact) mass is 446 g/mol. The number of H-pyrrole nitrogens is 1. The number of hydrogen-bond donors (Lipinski definition) is 4. The molecule has 1 fully saturated rings. The van der Waals surface area contributed by atoms with Crippen LogP contribution in [-0.2, 0) is 6.42 Å². The quantitative estimate of drug-likeness (QED) is 0.212. The van der Waals surface area contributed by atoms with Crippen molar-refractivity contribution in [3.63, 3.8) is 0 Å². The normalized spacial score (nSPS) is 18.2. The highest BCUT2D eigenvalue weighted by Gasteiger charge is 2.22. The van der Waals surface area contributed by atoms with Gasteiger partial charge in [-0.2, -0.15) is 10.4 Å². The Hall–Kier alpha value is -1.54. The molecule has 0 aliphatic carbocycles. The van der Waals surface area contributed by atoms with E-state index in [1.165, 1.54) is 19.4 Å². The second-order valence-electron chi connectivity index (χ2n) is 5.76. The molecular weight excluding hydrogens is 419 g/mol. The number of nitrogens with two attached hydrogens (primary N) is 2. The van der Waals surface area contributed by atoms with E-state index in [9.17, 15) is 0 Å². The lowest BCUT2D eigenvalue weighted by molar-refractivity contribution is 0.273. The Morgan fingerprint density at radius 1 is 1.58 bits per heavy atom. The number of aromatic nitrogens is 2. The van der Waals surface area contributed by atoms with Crippen LogP contribution in [0.5, 0.6) is 0 Å². The first-order valence-electron chi connectivity index (χ1n) is 8.16. The highest BCUT2D eigenvalue weighted by Crippen LogP contribution is 2.16. The van der Waals surface area contributed by atoms with E-state index in [1.54, 1.807) is 0 Å². The summed E-state index contributed by atoms with van der Waals surface area (Å²) in [4.78, 5) is 6.88. The first-order chi connectivity index (χ1) is 11.2. The number of hydrogen-bond acceptors (Lipinski definition) is 5. The third-order valence-electron chi connectivity index (χ3n) is 4.27. The molecule has 24 heavy (non-hydrogen) atoms. The van der Waals surface area contributed by atoms with E-state index in [1.807, 2.05) is 0 Å². The molecule has 0 radical (unpaired) electrons. The van der Waals surface area contributed by atoms with E-state index in [0.717, 1.165) is 25.2 Å². The van der Waals surface area contributed by atoms with Gasteiger partial charge in [-0.1, -0.05) is 6.92 Å². The van der Waals surface area contributed by atoms with E-state index in [0.29, 0.717) is 30.5 Å². The number of likely N-dealkylation sites (tertiary alicyclic amines) is 1. The summed E-state index contributed by atoms with van der Waals surface area (Å²) in [6.45, 7) is 5.87. The molecular formula is C15H27IN8. The van der Waals surface area contributed by atoms with Gasteiger partial charge in [0.25, 0.3) is 0 Å². The van der Waals surface area contributed by atoms with Gasteiger partial charge in [0.15, 0.2) is 11.8 Å². The summed E-state index contributed by atoms with van der Waals surface area (Å²) >= 11 is 0. The van der Waals surface area contributed by atoms with Gasteiger partial charge in [0, 0.05) is 12.6 Å². The molecule has 6 N–H and O–H groups in total. The number of nitrogen functional groups attached to an aromatic ring is 1. The number of nitrogens with one attached hydrogen (secondary N) is 2. The van der Waals surface area contributed by atoms with Crippen LogP contribution in [0.4, 0.5) is 5.82 Å². The van der Waals surface area contributed by atoms with Gasteiger partial charge in [-0.25, -0.2) is 0 Å². The first-order valence-corrected chi connectivity index (χ1v) is 8.16. The molecule has 1 saturated heterocycles. The van der Waals surface area contributed by atoms with Crippen molar-refractivity contribution in [1.82, 2.24) is 20.4 Å². The number of guanidine groups is 1. The molecule has 9 heteroatoms. The average molecular weight is 446 g/mol. The van der Waals surface area contributed by atoms with Crippen molar-refractivity contribution in [2.75, 3.05) is 31.9 Å². The zero-order valence-corrected chi connectivity index (χ0v) is 16.4. The predicted octanol–water partition coefficient (Wildman–Crippen LogP) is 0.803. The fourth-order valence-electron chi connectivity index (χ4n) is 2.96. The highest BCUT2D eigenvalue weighted by molar-refractivity contribution is 14.0. The first kappa shape index (κ1) is 20.5. The number of aromatic amines is 1. The number of halogens is 1. The van der Waals surface area contributed by atoms with E-state index in [-0.39, 0.29) is 29.8 Å². The Kier molecular flexibility index (Phi) is 8.84. The molecule has 0 saturated carbocycles. The number of aliphatic imine (C=N–C) groups is 1. The topological polar surface area (TPSA) is 132 Å². The van der Waals surface area contributed by atoms with Gasteiger partial charge in [-0.3, -0.25) is 15.0 Å². The number of anilines is 1. The molecule has 1 aromatic heterocycles. The van der Waals surface area contributed by atoms with Crippen molar-refractivity contribution < 1.29 is 0 Å². The summed E-state index contributed by atoms with van der Waals surface area (Å²) in [5, 5.41) is 18.8. The second-order valence-corrected chi connectivity index (χ2v) is 5.76. The number of likely N-dealkylation sites (N-methyl/N-ethyl adjacent to an activating group) is 1. The number of rotatable bonds is 7. The number of nitrogens with zero attached hydrogens (tertiary/aromatic N) is 4. The maximum atomic E-state index is 9.00. The average Bonchev–Trinajstić information content (AvgIpc) is 3.15. The maximum Gasteiger partial charge on any atom is 0.188 e. The van der Waals surface area contributed by atoms with Gasteiger partial charge < -0.3 is 16.8 Å². The summed E-state index contributed by atoms with van der Waals surface area (Å²) in [7, 11) is 0. The van der Waals surface area contributed by atoms with E-state index >= 15 is 0 Å². The maximum absolute atomic E-state index is 9.00. The lowest BCUT2D eigenvalue weighted by Gasteiger charge is -2.20. The largest absolute Gasteiger partial charge is 0.381 e. The summed E-state index contributed by atoms with van der Waals surface area (Å²) in [6.07, 6.45) is 3.95. The summed E-state index contributed by atoms with van der Waals surface area (Å²) < 4.78 is 0. The molecule has 0 aromatic carbocycles. The minimum atomic E-state index is 0. The van der Waals surface area contributed by atoms with Crippen molar-refractivity contribution in [3.8, 4) is 6.07 Å². The highest BCUT2D eigenvalue weighted by atomic mass is 127. The summed E-state index contributed by atoms with van der Waals surface area (Å²) in [5.41, 5.74) is 12.7. The molecule has 1 aliphatic rings. The fourth-order valence-corrected chi connectivity index (χ4v) is 2.96. The second kappa shape index (κ2) is 10.4. The molecule has 2 heterocycles. The van der Waals surface area contributed by atoms with E-state index in [4.69, 9.17) is 16.7 Å². The SMILES string of the molecule is CCN1CCCC1CN=C(N)NCCCc1[nH]nc(N)c1C#N.I. The molecule has 1 unspecified atom stereocenters. The number of aryl methyl sites for hydroxylation is 1. The smallest absolute Gasteiger partial charge is 0.188 e. The minimum Gasteiger partial charge on any atom is -0.381 e. The van der Waals surface area contributed by atoms with Crippen LogP contribution in [0, 0.1) is 11.3 Å². The Balaban J connectivity index is 0.00000288. The molecule has 8 nitrogen and oxygen atoms in total. The van der Waals surface area contributed by atoms with Gasteiger partial charge in [-0.15, -0.1) is 24.0 Å². The van der Waals surface area contributed by atoms with Crippen molar-refractivity contribution >= 4 is 35.8 Å². The van der Waals surface area contributed by atoms with Crippen molar-refractivity contribution in [2.45, 2.75) is 38.6 Å². The van der Waals surface area contributed by atoms with Crippen LogP contribution in [0.15, 0.2) is 4.99 Å². The predicted molar refractivity (Wildman–Crippen MR) is 106 cm³/mol. The van der Waals surface area contributed by atoms with Gasteiger partial charge in [0.1, 0.15) is 11.6 Å². The molecule has 1 aromatic rings. The Morgan fingerprint density at radius 2 is 2.38 bits per heavy atom. The van der Waals surface area contributed by atoms with Crippen LogP contribution < -0.4 is 16.8 Å². The van der Waals surface area contributed by atoms with Crippen LogP contribution in [0.25, 0.3) is 0 Å². The van der Waals surface area contributed by atoms with Crippen LogP contribution in [-0.4, -0.2) is 53.3 Å². The van der Waals surface area contributed by atoms with Crippen LogP contribution >= 0.6 is 24.0 Å². The molecule has 0 amide bonds. The summed E-state index contributed by atoms with van der Waals surface area (Å²) in [6, 6.07) is 2.58. The molecule has 0 spiro atoms. The van der Waals surface area contributed by atoms with Crippen molar-refractivity contribution in [1.29, 1.82) is 5.26 Å². The molecule has 2 rings (SSSR count). The molecule has 1 atom stereocenters. The van der Waals surface area contributed by atoms with Crippen molar-refractivity contribution in [3.05, 3.63) is 11.3 Å². The van der Waals surface area contributed by atoms with Crippen LogP contribution in [0.1, 0.15) is 37.4 Å². The van der Waals surface area contributed by atoms with Gasteiger partial charge >= 0.3 is 0 Å². The lowest BCUT2D eigenvalue weighted by atomic mass is 10.1. The van der Waals surface area contributed by atoms with Gasteiger partial charge in [0.05, 0.1) is 12.2 Å². The third kappa shape index (κ3) is 5.52. The minimum absolute atomic E-state index is 0. The Bertz CT molecular complexity index is 577. The van der Waals surface area contributed by atoms with Crippen LogP contribution in [0.3, 0.4) is 0 Å². The zero-order chi connectivity index (χ0) is 16.7. The Labute approximate surface area is 160 Å². The Morgan fingerprint density at radius 3 is 3.08 bits per heavy atom. The van der Waals surface area contributed by atoms with Crippen molar-refractivity contribution in [2.24, 2.45) is 10.7 Å². The summed E-state index contributed by atoms with van der Waals surface area (Å²) in [5.74, 6) is 0.742. The fraction of sp³-hybridized carbons (Fsp3) is 0.667. The third-order valence-corrected chi connectivity index (χ3v) is 4.27. The molecule has 0 bridgehead atoms. The van der Waals surface area contributed by atoms with E-state index in [2.05, 4.69) is 38.4 Å². The number of nitriles is 1. The van der Waals surface area contributed by atoms with Crippen LogP contribution in [0.2, 0.25) is 0 Å². The molecule has 1 aliphatic heterocycles. The van der Waals surface area contributed by atoms with Gasteiger partial charge in [-0.05, 0) is 38.8 Å². The van der Waals surface area contributed by atoms with E-state index < -0.39 is 0 Å². The van der Waals surface area contributed by atoms with Gasteiger partial charge in [0.2, 0.25) is 0 Å². The molecule has 134 valence electrons. The zero-order valence-electron chi connectivity index (χ0n) is 14.1.